The molecule has 150 valence electrons. The van der Waals surface area contributed by atoms with Crippen molar-refractivity contribution in [3.8, 4) is 11.3 Å². The summed E-state index contributed by atoms with van der Waals surface area (Å²) in [7, 11) is 0. The van der Waals surface area contributed by atoms with E-state index in [1.807, 2.05) is 0 Å². The second-order valence-electron chi connectivity index (χ2n) is 5.80. The van der Waals surface area contributed by atoms with Crippen LogP contribution in [0.15, 0.2) is 39.7 Å². The van der Waals surface area contributed by atoms with E-state index in [1.54, 1.807) is 30.3 Å². The molecule has 1 aliphatic rings. The van der Waals surface area contributed by atoms with Crippen molar-refractivity contribution in [2.45, 2.75) is 12.5 Å². The molecule has 0 saturated carbocycles. The number of carboxylic acid groups (broad SMARTS) is 2. The van der Waals surface area contributed by atoms with Gasteiger partial charge in [-0.05, 0) is 24.3 Å². The minimum absolute atomic E-state index is 0.0455. The van der Waals surface area contributed by atoms with Crippen LogP contribution in [0.3, 0.4) is 0 Å². The Hall–Kier alpha value is -2.33. The van der Waals surface area contributed by atoms with Gasteiger partial charge in [-0.1, -0.05) is 53.2 Å². The van der Waals surface area contributed by atoms with Crippen LogP contribution in [0.5, 0.6) is 0 Å². The van der Waals surface area contributed by atoms with Crippen molar-refractivity contribution >= 4 is 75.4 Å². The van der Waals surface area contributed by atoms with Gasteiger partial charge in [0.25, 0.3) is 5.91 Å². The molecule has 0 bridgehead atoms. The molecule has 0 aliphatic carbocycles. The van der Waals surface area contributed by atoms with E-state index in [0.717, 1.165) is 16.7 Å². The highest BCUT2D eigenvalue weighted by molar-refractivity contribution is 8.26. The molecule has 1 aromatic carbocycles. The molecule has 29 heavy (non-hydrogen) atoms. The van der Waals surface area contributed by atoms with Gasteiger partial charge in [-0.2, -0.15) is 0 Å². The van der Waals surface area contributed by atoms with Crippen LogP contribution >= 0.6 is 47.2 Å². The van der Waals surface area contributed by atoms with E-state index in [4.69, 9.17) is 44.9 Å². The smallest absolute Gasteiger partial charge is 0.327 e. The first kappa shape index (κ1) is 21.4. The van der Waals surface area contributed by atoms with Crippen LogP contribution in [-0.2, 0) is 14.4 Å². The molecule has 1 fully saturated rings. The number of aliphatic carboxylic acids is 2. The molecule has 1 aliphatic heterocycles. The topological polar surface area (TPSA) is 108 Å². The molecular weight excluding hydrogens is 461 g/mol. The highest BCUT2D eigenvalue weighted by Crippen LogP contribution is 2.38. The lowest BCUT2D eigenvalue weighted by molar-refractivity contribution is -0.150. The molecule has 1 aromatic heterocycles. The normalized spacial score (nSPS) is 16.5. The van der Waals surface area contributed by atoms with E-state index < -0.39 is 30.3 Å². The number of hydrogen-bond donors (Lipinski definition) is 2. The SMILES string of the molecule is O=C(O)CC(C(=O)O)N1C(=O)/C(=C\c2ccc(-c3c(Cl)cccc3Cl)o2)SC1=S. The Bertz CT molecular complexity index is 1040. The van der Waals surface area contributed by atoms with Crippen LogP contribution in [0.1, 0.15) is 12.2 Å². The maximum atomic E-state index is 12.6. The van der Waals surface area contributed by atoms with Gasteiger partial charge in [-0.15, -0.1) is 0 Å². The summed E-state index contributed by atoms with van der Waals surface area (Å²) in [6.07, 6.45) is 0.623. The van der Waals surface area contributed by atoms with Crippen LogP contribution in [0.25, 0.3) is 17.4 Å². The number of furan rings is 1. The number of benzene rings is 1. The summed E-state index contributed by atoms with van der Waals surface area (Å²) in [6.45, 7) is 0. The molecule has 2 N–H and O–H groups in total. The third-order valence-corrected chi connectivity index (χ3v) is 5.86. The average molecular weight is 472 g/mol. The molecule has 2 heterocycles. The summed E-state index contributed by atoms with van der Waals surface area (Å²) in [6, 6.07) is 6.63. The largest absolute Gasteiger partial charge is 0.481 e. The zero-order chi connectivity index (χ0) is 21.3. The van der Waals surface area contributed by atoms with E-state index in [9.17, 15) is 19.5 Å². The number of carbonyl (C=O) groups excluding carboxylic acids is 1. The highest BCUT2D eigenvalue weighted by Gasteiger charge is 2.41. The fourth-order valence-electron chi connectivity index (χ4n) is 2.63. The van der Waals surface area contributed by atoms with Crippen molar-refractivity contribution < 1.29 is 29.0 Å². The van der Waals surface area contributed by atoms with E-state index >= 15 is 0 Å². The lowest BCUT2D eigenvalue weighted by Crippen LogP contribution is -2.45. The lowest BCUT2D eigenvalue weighted by Gasteiger charge is -2.21. The molecule has 0 spiro atoms. The summed E-state index contributed by atoms with van der Waals surface area (Å²) < 4.78 is 5.66. The van der Waals surface area contributed by atoms with Gasteiger partial charge >= 0.3 is 11.9 Å². The van der Waals surface area contributed by atoms with Crippen LogP contribution in [0, 0.1) is 0 Å². The second kappa shape index (κ2) is 8.58. The van der Waals surface area contributed by atoms with Gasteiger partial charge in [-0.3, -0.25) is 14.5 Å². The number of thioether (sulfide) groups is 1. The second-order valence-corrected chi connectivity index (χ2v) is 8.29. The summed E-state index contributed by atoms with van der Waals surface area (Å²) in [4.78, 5) is 35.9. The predicted molar refractivity (Wildman–Crippen MR) is 113 cm³/mol. The molecule has 7 nitrogen and oxygen atoms in total. The number of halogens is 2. The van der Waals surface area contributed by atoms with Crippen molar-refractivity contribution in [2.75, 3.05) is 0 Å². The van der Waals surface area contributed by atoms with E-state index in [0.29, 0.717) is 27.1 Å². The van der Waals surface area contributed by atoms with Crippen molar-refractivity contribution in [2.24, 2.45) is 0 Å². The van der Waals surface area contributed by atoms with Crippen LogP contribution in [0.2, 0.25) is 10.0 Å². The first-order chi connectivity index (χ1) is 13.7. The van der Waals surface area contributed by atoms with Crippen LogP contribution < -0.4 is 0 Å². The molecule has 3 rings (SSSR count). The first-order valence-electron chi connectivity index (χ1n) is 7.95. The van der Waals surface area contributed by atoms with Gasteiger partial charge in [0.1, 0.15) is 21.9 Å². The summed E-state index contributed by atoms with van der Waals surface area (Å²) >= 11 is 18.3. The van der Waals surface area contributed by atoms with Crippen LogP contribution in [0.4, 0.5) is 0 Å². The minimum Gasteiger partial charge on any atom is -0.481 e. The van der Waals surface area contributed by atoms with Gasteiger partial charge in [0.15, 0.2) is 0 Å². The zero-order valence-corrected chi connectivity index (χ0v) is 17.4. The Balaban J connectivity index is 1.90. The average Bonchev–Trinajstić information content (AvgIpc) is 3.18. The molecule has 1 atom stereocenters. The number of nitrogens with zero attached hydrogens (tertiary/aromatic N) is 1. The number of carboxylic acids is 2. The summed E-state index contributed by atoms with van der Waals surface area (Å²) in [5, 5.41) is 19.0. The third kappa shape index (κ3) is 4.48. The Morgan fingerprint density at radius 2 is 1.86 bits per heavy atom. The zero-order valence-electron chi connectivity index (χ0n) is 14.3. The fraction of sp³-hybridized carbons (Fsp3) is 0.111. The number of thiocarbonyl (C=S) groups is 1. The van der Waals surface area contributed by atoms with Gasteiger partial charge in [0.2, 0.25) is 0 Å². The van der Waals surface area contributed by atoms with E-state index in [1.165, 1.54) is 6.08 Å². The summed E-state index contributed by atoms with van der Waals surface area (Å²) in [5.41, 5.74) is 0.496. The molecule has 1 saturated heterocycles. The Morgan fingerprint density at radius 3 is 2.45 bits per heavy atom. The maximum Gasteiger partial charge on any atom is 0.327 e. The highest BCUT2D eigenvalue weighted by atomic mass is 35.5. The number of rotatable bonds is 6. The first-order valence-corrected chi connectivity index (χ1v) is 9.93. The quantitative estimate of drug-likeness (QED) is 0.471. The monoisotopic (exact) mass is 471 g/mol. The van der Waals surface area contributed by atoms with Crippen molar-refractivity contribution in [3.63, 3.8) is 0 Å². The van der Waals surface area contributed by atoms with E-state index in [-0.39, 0.29) is 9.23 Å². The third-order valence-electron chi connectivity index (χ3n) is 3.90. The van der Waals surface area contributed by atoms with Gasteiger partial charge in [0, 0.05) is 6.08 Å². The van der Waals surface area contributed by atoms with Crippen molar-refractivity contribution in [1.29, 1.82) is 0 Å². The Labute approximate surface area is 183 Å². The summed E-state index contributed by atoms with van der Waals surface area (Å²) in [5.74, 6) is -2.85. The minimum atomic E-state index is -1.60. The molecule has 1 amide bonds. The lowest BCUT2D eigenvalue weighted by atomic mass is 10.2. The number of hydrogen-bond acceptors (Lipinski definition) is 6. The molecule has 0 radical (unpaired) electrons. The predicted octanol–water partition coefficient (Wildman–Crippen LogP) is 4.38. The molecular formula is C18H11Cl2NO6S2. The van der Waals surface area contributed by atoms with Crippen LogP contribution in [-0.4, -0.2) is 43.3 Å². The van der Waals surface area contributed by atoms with Gasteiger partial charge in [-0.25, -0.2) is 4.79 Å². The standard InChI is InChI=1S/C18H11Cl2NO6S2/c19-9-2-1-3-10(20)15(9)12-5-4-8(27-12)6-13-16(24)21(18(28)29-13)11(17(25)26)7-14(22)23/h1-6,11H,7H2,(H,22,23)(H,25,26)/b13-6+. The molecule has 1 unspecified atom stereocenters. The van der Waals surface area contributed by atoms with Crippen molar-refractivity contribution in [1.82, 2.24) is 4.90 Å². The fourth-order valence-corrected chi connectivity index (χ4v) is 4.55. The van der Waals surface area contributed by atoms with E-state index in [2.05, 4.69) is 0 Å². The Morgan fingerprint density at radius 1 is 1.21 bits per heavy atom. The maximum absolute atomic E-state index is 12.6. The Kier molecular flexibility index (Phi) is 6.33. The molecule has 2 aromatic rings. The number of amides is 1. The van der Waals surface area contributed by atoms with Gasteiger partial charge in [0.05, 0.1) is 26.9 Å². The van der Waals surface area contributed by atoms with Gasteiger partial charge < -0.3 is 14.6 Å². The number of carbonyl (C=O) groups is 3. The molecule has 11 heteroatoms. The van der Waals surface area contributed by atoms with Crippen molar-refractivity contribution in [3.05, 3.63) is 51.0 Å².